The normalized spacial score (nSPS) is 21.1. The molecule has 0 aliphatic carbocycles. The van der Waals surface area contributed by atoms with Crippen molar-refractivity contribution in [1.29, 1.82) is 5.26 Å². The standard InChI is InChI=1S/C34H40F3N9O3/c1-43-22-40-42-31(43)15-33(20-49-21-33)25-13-29(39-5-2-4-38)41-30(14-25)46-19-27-26(32(46)47)11-24(12-28(27)34(35,36)37)18-45-6-3-23(17-45)16-44-7-9-48-10-8-44/h11-14,22-23H,2-3,5-10,15-21H2,1H3,(H,39,41)/t23-/m0/s1. The summed E-state index contributed by atoms with van der Waals surface area (Å²) in [5.74, 6) is 1.33. The number of pyridine rings is 1. The Labute approximate surface area is 282 Å². The van der Waals surface area contributed by atoms with E-state index in [1.807, 2.05) is 17.7 Å². The second-order valence-corrected chi connectivity index (χ2v) is 13.6. The van der Waals surface area contributed by atoms with Gasteiger partial charge in [0.2, 0.25) is 0 Å². The maximum Gasteiger partial charge on any atom is 0.416 e. The number of nitriles is 1. The first-order valence-corrected chi connectivity index (χ1v) is 16.7. The Morgan fingerprint density at radius 3 is 2.61 bits per heavy atom. The molecule has 0 saturated carbocycles. The number of nitrogens with zero attached hydrogens (tertiary/aromatic N) is 8. The molecule has 3 aromatic rings. The molecule has 0 radical (unpaired) electrons. The van der Waals surface area contributed by atoms with E-state index in [0.29, 0.717) is 50.0 Å². The third-order valence-corrected chi connectivity index (χ3v) is 10.1. The van der Waals surface area contributed by atoms with Crippen molar-refractivity contribution >= 4 is 17.5 Å². The highest BCUT2D eigenvalue weighted by molar-refractivity contribution is 6.10. The lowest BCUT2D eigenvalue weighted by atomic mass is 9.75. The van der Waals surface area contributed by atoms with E-state index in [4.69, 9.17) is 14.7 Å². The van der Waals surface area contributed by atoms with Crippen LogP contribution in [0.2, 0.25) is 0 Å². The van der Waals surface area contributed by atoms with Crippen LogP contribution in [0.25, 0.3) is 0 Å². The number of likely N-dealkylation sites (tertiary alicyclic amines) is 1. The van der Waals surface area contributed by atoms with E-state index in [2.05, 4.69) is 36.4 Å². The number of hydrogen-bond acceptors (Lipinski definition) is 10. The first kappa shape index (κ1) is 33.4. The number of benzene rings is 1. The van der Waals surface area contributed by atoms with Gasteiger partial charge >= 0.3 is 6.18 Å². The van der Waals surface area contributed by atoms with Crippen molar-refractivity contribution in [2.45, 2.75) is 43.9 Å². The monoisotopic (exact) mass is 679 g/mol. The van der Waals surface area contributed by atoms with Gasteiger partial charge in [-0.15, -0.1) is 10.2 Å². The molecule has 3 saturated heterocycles. The third kappa shape index (κ3) is 7.00. The SMILES string of the molecule is Cn1cnnc1CC1(c2cc(NCCC#N)nc(N3Cc4c(cc(CN5CC[C@@H](CN6CCOCC6)C5)cc4C(F)(F)F)C3=O)c2)COC1. The van der Waals surface area contributed by atoms with Crippen LogP contribution in [0, 0.1) is 17.2 Å². The van der Waals surface area contributed by atoms with Gasteiger partial charge in [0.1, 0.15) is 23.8 Å². The highest BCUT2D eigenvalue weighted by Crippen LogP contribution is 2.42. The lowest BCUT2D eigenvalue weighted by molar-refractivity contribution is -0.138. The lowest BCUT2D eigenvalue weighted by Gasteiger charge is -2.42. The van der Waals surface area contributed by atoms with Gasteiger partial charge in [-0.2, -0.15) is 18.4 Å². The van der Waals surface area contributed by atoms with Gasteiger partial charge < -0.3 is 19.4 Å². The molecule has 0 unspecified atom stereocenters. The van der Waals surface area contributed by atoms with Gasteiger partial charge in [0, 0.05) is 63.7 Å². The van der Waals surface area contributed by atoms with Gasteiger partial charge in [-0.25, -0.2) is 4.98 Å². The molecule has 1 N–H and O–H groups in total. The van der Waals surface area contributed by atoms with Gasteiger partial charge in [0.05, 0.1) is 51.0 Å². The molecular formula is C34H40F3N9O3. The smallest absolute Gasteiger partial charge is 0.379 e. The molecule has 2 aromatic heterocycles. The van der Waals surface area contributed by atoms with Crippen LogP contribution < -0.4 is 10.2 Å². The van der Waals surface area contributed by atoms with Gasteiger partial charge in [-0.05, 0) is 59.8 Å². The summed E-state index contributed by atoms with van der Waals surface area (Å²) < 4.78 is 56.8. The van der Waals surface area contributed by atoms with Crippen molar-refractivity contribution in [2.75, 3.05) is 75.9 Å². The first-order chi connectivity index (χ1) is 23.6. The van der Waals surface area contributed by atoms with Gasteiger partial charge in [0.25, 0.3) is 5.91 Å². The molecule has 6 heterocycles. The summed E-state index contributed by atoms with van der Waals surface area (Å²) in [4.78, 5) is 24.6. The van der Waals surface area contributed by atoms with Crippen molar-refractivity contribution in [2.24, 2.45) is 13.0 Å². The number of anilines is 2. The number of aryl methyl sites for hydroxylation is 1. The summed E-state index contributed by atoms with van der Waals surface area (Å²) in [6.07, 6.45) is -1.30. The average Bonchev–Trinajstić information content (AvgIpc) is 3.77. The van der Waals surface area contributed by atoms with E-state index >= 15 is 0 Å². The van der Waals surface area contributed by atoms with Gasteiger partial charge in [-0.1, -0.05) is 0 Å². The molecule has 12 nitrogen and oxygen atoms in total. The van der Waals surface area contributed by atoms with E-state index in [-0.39, 0.29) is 29.9 Å². The summed E-state index contributed by atoms with van der Waals surface area (Å²) in [5, 5.41) is 20.5. The quantitative estimate of drug-likeness (QED) is 0.302. The molecule has 4 aliphatic heterocycles. The van der Waals surface area contributed by atoms with Crippen LogP contribution in [0.3, 0.4) is 0 Å². The first-order valence-electron chi connectivity index (χ1n) is 16.7. The summed E-state index contributed by atoms with van der Waals surface area (Å²) in [6.45, 7) is 7.00. The number of aromatic nitrogens is 4. The number of ether oxygens (including phenoxy) is 2. The molecule has 260 valence electrons. The Morgan fingerprint density at radius 1 is 1.10 bits per heavy atom. The summed E-state index contributed by atoms with van der Waals surface area (Å²) in [7, 11) is 1.86. The minimum Gasteiger partial charge on any atom is -0.379 e. The molecule has 49 heavy (non-hydrogen) atoms. The van der Waals surface area contributed by atoms with Crippen LogP contribution in [0.15, 0.2) is 30.6 Å². The molecule has 3 fully saturated rings. The second kappa shape index (κ2) is 13.7. The number of morpholine rings is 1. The van der Waals surface area contributed by atoms with Crippen molar-refractivity contribution in [3.8, 4) is 6.07 Å². The number of alkyl halides is 3. The molecule has 0 bridgehead atoms. The summed E-state index contributed by atoms with van der Waals surface area (Å²) in [5.41, 5.74) is 0.0186. The van der Waals surface area contributed by atoms with Crippen molar-refractivity contribution in [3.05, 3.63) is 64.2 Å². The number of carbonyl (C=O) groups is 1. The van der Waals surface area contributed by atoms with Crippen molar-refractivity contribution in [1.82, 2.24) is 29.5 Å². The fourth-order valence-electron chi connectivity index (χ4n) is 7.40. The zero-order valence-electron chi connectivity index (χ0n) is 27.5. The third-order valence-electron chi connectivity index (χ3n) is 10.1. The van der Waals surface area contributed by atoms with E-state index in [9.17, 15) is 18.0 Å². The fraction of sp³-hybridized carbons (Fsp3) is 0.559. The van der Waals surface area contributed by atoms with Crippen LogP contribution in [-0.4, -0.2) is 101 Å². The van der Waals surface area contributed by atoms with Gasteiger partial charge in [0.15, 0.2) is 0 Å². The number of hydrogen-bond donors (Lipinski definition) is 1. The largest absolute Gasteiger partial charge is 0.416 e. The van der Waals surface area contributed by atoms with Gasteiger partial charge in [-0.3, -0.25) is 19.5 Å². The number of fused-ring (bicyclic) bond motifs is 1. The Bertz CT molecular complexity index is 1730. The highest BCUT2D eigenvalue weighted by Gasteiger charge is 2.44. The molecular weight excluding hydrogens is 639 g/mol. The number of halogens is 3. The number of nitrogens with one attached hydrogen (secondary N) is 1. The van der Waals surface area contributed by atoms with Crippen LogP contribution in [-0.2, 0) is 47.6 Å². The topological polar surface area (TPSA) is 125 Å². The molecule has 7 rings (SSSR count). The summed E-state index contributed by atoms with van der Waals surface area (Å²) in [6, 6.07) is 8.56. The second-order valence-electron chi connectivity index (χ2n) is 13.6. The molecule has 15 heteroatoms. The number of rotatable bonds is 11. The maximum absolute atomic E-state index is 14.6. The Morgan fingerprint density at radius 2 is 1.92 bits per heavy atom. The molecule has 1 aromatic carbocycles. The zero-order chi connectivity index (χ0) is 34.2. The van der Waals surface area contributed by atoms with Crippen molar-refractivity contribution < 1.29 is 27.4 Å². The minimum absolute atomic E-state index is 0.0418. The van der Waals surface area contributed by atoms with Crippen LogP contribution >= 0.6 is 0 Å². The Kier molecular flexibility index (Phi) is 9.31. The Hall–Kier alpha value is -4.10. The lowest BCUT2D eigenvalue weighted by Crippen LogP contribution is -2.49. The molecule has 1 atom stereocenters. The zero-order valence-corrected chi connectivity index (χ0v) is 27.5. The number of carbonyl (C=O) groups excluding carboxylic acids is 1. The highest BCUT2D eigenvalue weighted by atomic mass is 19.4. The minimum atomic E-state index is -4.64. The van der Waals surface area contributed by atoms with E-state index in [0.717, 1.165) is 63.7 Å². The average molecular weight is 680 g/mol. The predicted molar refractivity (Wildman–Crippen MR) is 173 cm³/mol. The fourth-order valence-corrected chi connectivity index (χ4v) is 7.40. The van der Waals surface area contributed by atoms with Crippen molar-refractivity contribution in [3.63, 3.8) is 0 Å². The predicted octanol–water partition coefficient (Wildman–Crippen LogP) is 3.38. The summed E-state index contributed by atoms with van der Waals surface area (Å²) >= 11 is 0. The Balaban J connectivity index is 1.16. The molecule has 0 spiro atoms. The van der Waals surface area contributed by atoms with Crippen LogP contribution in [0.4, 0.5) is 24.8 Å². The van der Waals surface area contributed by atoms with Crippen LogP contribution in [0.5, 0.6) is 0 Å². The molecule has 4 aliphatic rings. The number of amides is 1. The van der Waals surface area contributed by atoms with Crippen LogP contribution in [0.1, 0.15) is 51.3 Å². The van der Waals surface area contributed by atoms with E-state index < -0.39 is 23.1 Å². The van der Waals surface area contributed by atoms with E-state index in [1.54, 1.807) is 18.5 Å². The van der Waals surface area contributed by atoms with E-state index in [1.165, 1.54) is 11.0 Å². The molecule has 1 amide bonds. The maximum atomic E-state index is 14.6.